The van der Waals surface area contributed by atoms with Crippen LogP contribution < -0.4 is 16.6 Å². The van der Waals surface area contributed by atoms with Crippen LogP contribution in [0.5, 0.6) is 0 Å². The third kappa shape index (κ3) is 10.7. The lowest BCUT2D eigenvalue weighted by Gasteiger charge is -2.34. The van der Waals surface area contributed by atoms with Gasteiger partial charge in [-0.1, -0.05) is 51.1 Å². The minimum atomic E-state index is -5.45. The third-order valence-corrected chi connectivity index (χ3v) is 7.57. The lowest BCUT2D eigenvalue weighted by atomic mass is 9.76. The zero-order valence-corrected chi connectivity index (χ0v) is 29.3. The molecular formula is C34H41F5N6O7. The fraction of sp³-hybridized carbons (Fsp3) is 0.441. The Bertz CT molecular complexity index is 1740. The number of nitrogens with one attached hydrogen (secondary N) is 2. The SMILES string of the molecule is CC(C)(C)[C@H](c1nc(-c2cc(F)ccc2F)cn1Cc1ccccc1)[C@H](O)C(=O)NCC[C@H](OC(=O)N(OC(=O)C(F)(F)F)C(C)(C)C)C(=O)NN. The van der Waals surface area contributed by atoms with Gasteiger partial charge in [-0.3, -0.25) is 15.0 Å². The number of ether oxygens (including phenoxy) is 1. The number of imidazole rings is 1. The first-order valence-electron chi connectivity index (χ1n) is 15.9. The molecule has 0 saturated heterocycles. The van der Waals surface area contributed by atoms with Crippen molar-refractivity contribution >= 4 is 23.9 Å². The topological polar surface area (TPSA) is 178 Å². The Balaban J connectivity index is 1.87. The van der Waals surface area contributed by atoms with Gasteiger partial charge >= 0.3 is 18.2 Å². The van der Waals surface area contributed by atoms with E-state index in [2.05, 4.69) is 15.1 Å². The lowest BCUT2D eigenvalue weighted by Crippen LogP contribution is -2.52. The van der Waals surface area contributed by atoms with E-state index in [1.807, 2.05) is 18.2 Å². The number of halogens is 5. The zero-order chi connectivity index (χ0) is 39.2. The number of alkyl halides is 3. The van der Waals surface area contributed by atoms with Crippen LogP contribution in [-0.2, 0) is 30.5 Å². The van der Waals surface area contributed by atoms with Crippen LogP contribution in [0.4, 0.5) is 26.7 Å². The van der Waals surface area contributed by atoms with Crippen molar-refractivity contribution in [2.75, 3.05) is 6.54 Å². The molecule has 2 aromatic carbocycles. The number of hydrazine groups is 1. The number of benzene rings is 2. The molecule has 0 spiro atoms. The molecule has 0 fully saturated rings. The zero-order valence-electron chi connectivity index (χ0n) is 29.3. The monoisotopic (exact) mass is 740 g/mol. The van der Waals surface area contributed by atoms with Crippen molar-refractivity contribution in [3.05, 3.63) is 77.8 Å². The highest BCUT2D eigenvalue weighted by atomic mass is 19.4. The van der Waals surface area contributed by atoms with Crippen molar-refractivity contribution in [2.45, 2.75) is 84.3 Å². The van der Waals surface area contributed by atoms with Crippen LogP contribution in [0.1, 0.15) is 65.3 Å². The number of nitrogens with two attached hydrogens (primary N) is 1. The molecule has 0 aliphatic rings. The molecule has 52 heavy (non-hydrogen) atoms. The van der Waals surface area contributed by atoms with Crippen LogP contribution >= 0.6 is 0 Å². The number of nitrogens with zero attached hydrogens (tertiary/aromatic N) is 3. The second-order valence-corrected chi connectivity index (χ2v) is 13.8. The van der Waals surface area contributed by atoms with E-state index in [0.29, 0.717) is 0 Å². The number of hydrogen-bond donors (Lipinski definition) is 4. The Morgan fingerprint density at radius 3 is 2.17 bits per heavy atom. The van der Waals surface area contributed by atoms with Crippen LogP contribution in [0.15, 0.2) is 54.7 Å². The minimum absolute atomic E-state index is 0.00258. The molecule has 3 rings (SSSR count). The highest BCUT2D eigenvalue weighted by Gasteiger charge is 2.46. The summed E-state index contributed by atoms with van der Waals surface area (Å²) in [7, 11) is 0. The van der Waals surface area contributed by atoms with Gasteiger partial charge in [0.05, 0.1) is 17.2 Å². The summed E-state index contributed by atoms with van der Waals surface area (Å²) >= 11 is 0. The molecule has 13 nitrogen and oxygen atoms in total. The van der Waals surface area contributed by atoms with E-state index in [-0.39, 0.29) is 28.7 Å². The van der Waals surface area contributed by atoms with E-state index in [1.54, 1.807) is 42.9 Å². The average Bonchev–Trinajstić information content (AvgIpc) is 3.44. The van der Waals surface area contributed by atoms with Crippen molar-refractivity contribution in [1.82, 2.24) is 25.4 Å². The molecule has 0 radical (unpaired) electrons. The average molecular weight is 741 g/mol. The standard InChI is InChI=1S/C34H41F5N6O7/c1-32(2,3)25(27-42-23(21-16-20(35)12-13-22(21)36)18-44(27)17-19-10-8-7-9-11-19)26(46)29(48)41-15-14-24(28(47)43-40)51-31(50)45(33(4,5)6)52-30(49)34(37,38)39/h7-13,16,18,24-26,46H,14-15,17,40H2,1-6H3,(H,41,48)(H,43,47)/t24-,25-,26-/m0/s1. The number of hydrogen-bond acceptors (Lipinski definition) is 9. The Morgan fingerprint density at radius 1 is 0.981 bits per heavy atom. The van der Waals surface area contributed by atoms with Gasteiger partial charge in [-0.2, -0.15) is 13.2 Å². The Hall–Kier alpha value is -5.10. The molecule has 3 atom stereocenters. The van der Waals surface area contributed by atoms with Crippen LogP contribution in [0, 0.1) is 17.0 Å². The number of rotatable bonds is 11. The maximum Gasteiger partial charge on any atom is 0.493 e. The number of hydroxylamine groups is 2. The molecule has 5 N–H and O–H groups in total. The van der Waals surface area contributed by atoms with Gasteiger partial charge in [-0.05, 0) is 49.9 Å². The van der Waals surface area contributed by atoms with Gasteiger partial charge in [0, 0.05) is 31.3 Å². The second kappa shape index (κ2) is 16.5. The van der Waals surface area contributed by atoms with E-state index in [4.69, 9.17) is 10.6 Å². The van der Waals surface area contributed by atoms with Gasteiger partial charge < -0.3 is 24.6 Å². The van der Waals surface area contributed by atoms with Crippen molar-refractivity contribution < 1.29 is 55.8 Å². The number of amides is 3. The first-order valence-corrected chi connectivity index (χ1v) is 15.9. The number of carbonyl (C=O) groups is 4. The predicted octanol–water partition coefficient (Wildman–Crippen LogP) is 4.49. The molecule has 0 saturated carbocycles. The largest absolute Gasteiger partial charge is 0.493 e. The predicted molar refractivity (Wildman–Crippen MR) is 175 cm³/mol. The molecule has 0 aliphatic heterocycles. The molecule has 0 bridgehead atoms. The smallest absolute Gasteiger partial charge is 0.434 e. The van der Waals surface area contributed by atoms with Crippen molar-refractivity contribution in [3.63, 3.8) is 0 Å². The molecule has 0 unspecified atom stereocenters. The van der Waals surface area contributed by atoms with Gasteiger partial charge in [-0.15, -0.1) is 5.06 Å². The molecule has 3 amide bonds. The van der Waals surface area contributed by atoms with E-state index in [9.17, 15) is 46.2 Å². The second-order valence-electron chi connectivity index (χ2n) is 13.8. The molecule has 18 heteroatoms. The third-order valence-electron chi connectivity index (χ3n) is 7.57. The van der Waals surface area contributed by atoms with Gasteiger partial charge in [0.1, 0.15) is 23.6 Å². The summed E-state index contributed by atoms with van der Waals surface area (Å²) in [6.07, 6.45) is -9.73. The van der Waals surface area contributed by atoms with Crippen LogP contribution in [0.25, 0.3) is 11.3 Å². The Labute approximate surface area is 296 Å². The summed E-state index contributed by atoms with van der Waals surface area (Å²) in [4.78, 5) is 58.9. The normalized spacial score (nSPS) is 13.8. The number of carbonyl (C=O) groups excluding carboxylic acids is 4. The molecular weight excluding hydrogens is 699 g/mol. The van der Waals surface area contributed by atoms with E-state index >= 15 is 0 Å². The highest BCUT2D eigenvalue weighted by Crippen LogP contribution is 2.39. The number of aromatic nitrogens is 2. The van der Waals surface area contributed by atoms with Gasteiger partial charge in [0.25, 0.3) is 5.91 Å². The maximum absolute atomic E-state index is 14.8. The van der Waals surface area contributed by atoms with Crippen LogP contribution in [0.3, 0.4) is 0 Å². The summed E-state index contributed by atoms with van der Waals surface area (Å²) in [5, 5.41) is 13.9. The highest BCUT2D eigenvalue weighted by molar-refractivity contribution is 5.84. The van der Waals surface area contributed by atoms with Crippen molar-refractivity contribution in [1.29, 1.82) is 0 Å². The van der Waals surface area contributed by atoms with E-state index in [1.165, 1.54) is 27.0 Å². The summed E-state index contributed by atoms with van der Waals surface area (Å²) in [5.41, 5.74) is 0.00582. The minimum Gasteiger partial charge on any atom is -0.434 e. The first-order chi connectivity index (χ1) is 24.0. The number of aliphatic hydroxyl groups excluding tert-OH is 1. The Morgan fingerprint density at radius 2 is 1.62 bits per heavy atom. The van der Waals surface area contributed by atoms with E-state index < -0.39 is 83.7 Å². The first kappa shape index (κ1) is 41.3. The molecule has 0 aliphatic carbocycles. The fourth-order valence-electron chi connectivity index (χ4n) is 5.08. The van der Waals surface area contributed by atoms with Crippen molar-refractivity contribution in [2.24, 2.45) is 11.3 Å². The van der Waals surface area contributed by atoms with Gasteiger partial charge in [-0.25, -0.2) is 29.2 Å². The Kier molecular flexibility index (Phi) is 13.1. The van der Waals surface area contributed by atoms with Crippen molar-refractivity contribution in [3.8, 4) is 11.3 Å². The maximum atomic E-state index is 14.8. The molecule has 3 aromatic rings. The van der Waals surface area contributed by atoms with Gasteiger partial charge in [0.15, 0.2) is 6.10 Å². The summed E-state index contributed by atoms with van der Waals surface area (Å²) in [6.45, 7) is 8.62. The van der Waals surface area contributed by atoms with E-state index in [0.717, 1.165) is 23.8 Å². The van der Waals surface area contributed by atoms with Crippen LogP contribution in [0.2, 0.25) is 0 Å². The fourth-order valence-corrected chi connectivity index (χ4v) is 5.08. The molecule has 1 aromatic heterocycles. The number of aliphatic hydroxyl groups is 1. The molecule has 284 valence electrons. The summed E-state index contributed by atoms with van der Waals surface area (Å²) < 4.78 is 74.2. The summed E-state index contributed by atoms with van der Waals surface area (Å²) in [6, 6.07) is 11.9. The quantitative estimate of drug-likeness (QED) is 0.0955. The summed E-state index contributed by atoms with van der Waals surface area (Å²) in [5.74, 6) is -1.95. The molecule has 1 heterocycles. The van der Waals surface area contributed by atoms with Gasteiger partial charge in [0.2, 0.25) is 5.91 Å². The lowest BCUT2D eigenvalue weighted by molar-refractivity contribution is -0.244. The van der Waals surface area contributed by atoms with Crippen LogP contribution in [-0.4, -0.2) is 74.1 Å².